The van der Waals surface area contributed by atoms with Crippen LogP contribution in [0.15, 0.2) is 54.7 Å². The summed E-state index contributed by atoms with van der Waals surface area (Å²) in [5.74, 6) is -0.630. The Labute approximate surface area is 201 Å². The Bertz CT molecular complexity index is 1160. The molecule has 2 aromatic carbocycles. The van der Waals surface area contributed by atoms with E-state index in [1.165, 1.54) is 24.1 Å². The maximum Gasteiger partial charge on any atom is 0.412 e. The first-order valence-electron chi connectivity index (χ1n) is 10.7. The molecule has 0 unspecified atom stereocenters. The fourth-order valence-electron chi connectivity index (χ4n) is 3.46. The van der Waals surface area contributed by atoms with Crippen molar-refractivity contribution in [2.24, 2.45) is 0 Å². The lowest BCUT2D eigenvalue weighted by atomic mass is 10.1. The highest BCUT2D eigenvalue weighted by atomic mass is 35.5. The summed E-state index contributed by atoms with van der Waals surface area (Å²) in [6.07, 6.45) is 0.237. The number of ether oxygens (including phenoxy) is 1. The number of carbonyl (C=O) groups is 2. The van der Waals surface area contributed by atoms with E-state index in [-0.39, 0.29) is 30.5 Å². The van der Waals surface area contributed by atoms with Gasteiger partial charge in [-0.3, -0.25) is 15.1 Å². The molecule has 0 saturated heterocycles. The molecule has 0 radical (unpaired) electrons. The molecule has 0 bridgehead atoms. The summed E-state index contributed by atoms with van der Waals surface area (Å²) in [4.78, 5) is 28.9. The van der Waals surface area contributed by atoms with Gasteiger partial charge in [0.2, 0.25) is 5.91 Å². The fourth-order valence-corrected chi connectivity index (χ4v) is 3.65. The van der Waals surface area contributed by atoms with Gasteiger partial charge in [-0.05, 0) is 36.4 Å². The molecular weight excluding hydrogens is 463 g/mol. The van der Waals surface area contributed by atoms with E-state index in [0.29, 0.717) is 11.4 Å². The lowest BCUT2D eigenvalue weighted by Crippen LogP contribution is -2.51. The predicted molar refractivity (Wildman–Crippen MR) is 128 cm³/mol. The summed E-state index contributed by atoms with van der Waals surface area (Å²) >= 11 is 5.99. The number of rotatable bonds is 9. The van der Waals surface area contributed by atoms with E-state index >= 15 is 0 Å². The molecule has 0 saturated carbocycles. The zero-order valence-corrected chi connectivity index (χ0v) is 19.6. The number of aliphatic hydroxyl groups is 1. The number of hydrazine groups is 1. The van der Waals surface area contributed by atoms with Crippen molar-refractivity contribution >= 4 is 40.2 Å². The molecule has 3 rings (SSSR count). The molecule has 2 atom stereocenters. The van der Waals surface area contributed by atoms with Crippen LogP contribution in [-0.4, -0.2) is 45.9 Å². The van der Waals surface area contributed by atoms with Crippen molar-refractivity contribution in [2.45, 2.75) is 39.0 Å². The standard InChI is InChI=1S/C24H26ClFN4O4/c1-15(31)10-20(30(16(2)32)28-13-19-8-5-9-21(26)23(19)25)14-34-24(33)29-22-11-17-6-3-4-7-18(17)12-27-22/h3-9,11-12,15,20,28,31H,10,13-14H2,1-2H3,(H,27,29,33)/t15-,20+/m1/s1. The molecule has 1 aromatic heterocycles. The Morgan fingerprint density at radius 1 is 1.21 bits per heavy atom. The van der Waals surface area contributed by atoms with Gasteiger partial charge in [0.1, 0.15) is 18.2 Å². The van der Waals surface area contributed by atoms with E-state index in [0.717, 1.165) is 10.8 Å². The number of carbonyl (C=O) groups excluding carboxylic acids is 2. The van der Waals surface area contributed by atoms with Crippen LogP contribution in [0.5, 0.6) is 0 Å². The van der Waals surface area contributed by atoms with Crippen molar-refractivity contribution in [3.63, 3.8) is 0 Å². The first-order valence-corrected chi connectivity index (χ1v) is 11.0. The lowest BCUT2D eigenvalue weighted by Gasteiger charge is -2.32. The van der Waals surface area contributed by atoms with E-state index in [4.69, 9.17) is 16.3 Å². The molecule has 10 heteroatoms. The number of anilines is 1. The van der Waals surface area contributed by atoms with Crippen LogP contribution < -0.4 is 10.7 Å². The van der Waals surface area contributed by atoms with Crippen molar-refractivity contribution in [3.8, 4) is 0 Å². The number of amides is 2. The minimum Gasteiger partial charge on any atom is -0.447 e. The van der Waals surface area contributed by atoms with Crippen LogP contribution in [0, 0.1) is 5.82 Å². The van der Waals surface area contributed by atoms with Crippen molar-refractivity contribution in [2.75, 3.05) is 11.9 Å². The number of aromatic nitrogens is 1. The van der Waals surface area contributed by atoms with Crippen LogP contribution in [0.1, 0.15) is 25.8 Å². The second-order valence-corrected chi connectivity index (χ2v) is 8.19. The van der Waals surface area contributed by atoms with Gasteiger partial charge in [0, 0.05) is 25.1 Å². The largest absolute Gasteiger partial charge is 0.447 e. The van der Waals surface area contributed by atoms with Gasteiger partial charge in [-0.1, -0.05) is 48.0 Å². The van der Waals surface area contributed by atoms with Crippen molar-refractivity contribution in [3.05, 3.63) is 71.1 Å². The Morgan fingerprint density at radius 3 is 2.65 bits per heavy atom. The molecule has 1 heterocycles. The minimum absolute atomic E-state index is 0.0518. The number of hydrogen-bond donors (Lipinski definition) is 3. The zero-order chi connectivity index (χ0) is 24.7. The van der Waals surface area contributed by atoms with Crippen LogP contribution in [0.2, 0.25) is 5.02 Å². The van der Waals surface area contributed by atoms with Gasteiger partial charge in [0.05, 0.1) is 17.2 Å². The molecule has 34 heavy (non-hydrogen) atoms. The molecule has 8 nitrogen and oxygen atoms in total. The average Bonchev–Trinajstić information content (AvgIpc) is 2.79. The maximum atomic E-state index is 13.7. The number of aliphatic hydroxyl groups excluding tert-OH is 1. The highest BCUT2D eigenvalue weighted by molar-refractivity contribution is 6.31. The van der Waals surface area contributed by atoms with Crippen LogP contribution >= 0.6 is 11.6 Å². The van der Waals surface area contributed by atoms with E-state index in [1.807, 2.05) is 24.3 Å². The van der Waals surface area contributed by atoms with E-state index in [2.05, 4.69) is 15.7 Å². The van der Waals surface area contributed by atoms with Crippen molar-refractivity contribution in [1.82, 2.24) is 15.4 Å². The van der Waals surface area contributed by atoms with E-state index < -0.39 is 24.1 Å². The van der Waals surface area contributed by atoms with Crippen LogP contribution in [0.4, 0.5) is 15.0 Å². The number of nitrogens with one attached hydrogen (secondary N) is 2. The number of halogens is 2. The zero-order valence-electron chi connectivity index (χ0n) is 18.8. The van der Waals surface area contributed by atoms with Gasteiger partial charge in [0.15, 0.2) is 0 Å². The predicted octanol–water partition coefficient (Wildman–Crippen LogP) is 4.27. The molecule has 0 aliphatic heterocycles. The van der Waals surface area contributed by atoms with Crippen LogP contribution in [0.3, 0.4) is 0 Å². The van der Waals surface area contributed by atoms with E-state index in [1.54, 1.807) is 25.3 Å². The van der Waals surface area contributed by atoms with Gasteiger partial charge in [-0.15, -0.1) is 0 Å². The van der Waals surface area contributed by atoms with Gasteiger partial charge in [-0.2, -0.15) is 0 Å². The third-order valence-corrected chi connectivity index (χ3v) is 5.48. The maximum absolute atomic E-state index is 13.7. The molecule has 0 spiro atoms. The molecule has 0 fully saturated rings. The van der Waals surface area contributed by atoms with E-state index in [9.17, 15) is 19.1 Å². The van der Waals surface area contributed by atoms with Gasteiger partial charge >= 0.3 is 6.09 Å². The summed E-state index contributed by atoms with van der Waals surface area (Å²) < 4.78 is 19.1. The quantitative estimate of drug-likeness (QED) is 0.389. The Kier molecular flexibility index (Phi) is 8.75. The molecular formula is C24H26ClFN4O4. The normalized spacial score (nSPS) is 12.7. The molecule has 0 aliphatic rings. The number of nitrogens with zero attached hydrogens (tertiary/aromatic N) is 2. The monoisotopic (exact) mass is 488 g/mol. The summed E-state index contributed by atoms with van der Waals surface area (Å²) in [6.45, 7) is 2.75. The second kappa shape index (κ2) is 11.7. The average molecular weight is 489 g/mol. The Hall–Kier alpha value is -3.27. The second-order valence-electron chi connectivity index (χ2n) is 7.82. The smallest absolute Gasteiger partial charge is 0.412 e. The van der Waals surface area contributed by atoms with Gasteiger partial charge in [0.25, 0.3) is 0 Å². The van der Waals surface area contributed by atoms with Crippen molar-refractivity contribution < 1.29 is 23.8 Å². The first kappa shape index (κ1) is 25.4. The molecule has 0 aliphatic carbocycles. The highest BCUT2D eigenvalue weighted by Gasteiger charge is 2.25. The first-order chi connectivity index (χ1) is 16.2. The Morgan fingerprint density at radius 2 is 1.94 bits per heavy atom. The summed E-state index contributed by atoms with van der Waals surface area (Å²) in [6, 6.07) is 13.0. The summed E-state index contributed by atoms with van der Waals surface area (Å²) in [5, 5.41) is 15.5. The summed E-state index contributed by atoms with van der Waals surface area (Å²) in [5.41, 5.74) is 3.35. The summed E-state index contributed by atoms with van der Waals surface area (Å²) in [7, 11) is 0. The lowest BCUT2D eigenvalue weighted by molar-refractivity contribution is -0.137. The van der Waals surface area contributed by atoms with Gasteiger partial charge in [-0.25, -0.2) is 19.6 Å². The van der Waals surface area contributed by atoms with Gasteiger partial charge < -0.3 is 9.84 Å². The molecule has 3 N–H and O–H groups in total. The number of pyridine rings is 1. The number of hydrogen-bond acceptors (Lipinski definition) is 6. The number of benzene rings is 2. The molecule has 3 aromatic rings. The molecule has 180 valence electrons. The topological polar surface area (TPSA) is 104 Å². The highest BCUT2D eigenvalue weighted by Crippen LogP contribution is 2.20. The van der Waals surface area contributed by atoms with Crippen molar-refractivity contribution in [1.29, 1.82) is 0 Å². The molecule has 2 amide bonds. The number of fused-ring (bicyclic) bond motifs is 1. The fraction of sp³-hybridized carbons (Fsp3) is 0.292. The third kappa shape index (κ3) is 6.86. The van der Waals surface area contributed by atoms with Crippen LogP contribution in [-0.2, 0) is 16.1 Å². The van der Waals surface area contributed by atoms with Crippen LogP contribution in [0.25, 0.3) is 10.8 Å². The minimum atomic E-state index is -0.778. The SMILES string of the molecule is CC(=O)N(NCc1cccc(F)c1Cl)[C@H](COC(=O)Nc1cc2ccccc2cn1)C[C@@H](C)O. The third-order valence-electron chi connectivity index (χ3n) is 5.06. The Balaban J connectivity index is 1.65.